The summed E-state index contributed by atoms with van der Waals surface area (Å²) in [5.74, 6) is -1.86. The maximum atomic E-state index is 13.6. The van der Waals surface area contributed by atoms with Crippen LogP contribution >= 0.6 is 0 Å². The summed E-state index contributed by atoms with van der Waals surface area (Å²) in [6.07, 6.45) is -0.458. The first kappa shape index (κ1) is 31.0. The van der Waals surface area contributed by atoms with Gasteiger partial charge >= 0.3 is 23.6 Å². The first-order valence-electron chi connectivity index (χ1n) is 14.8. The van der Waals surface area contributed by atoms with Crippen molar-refractivity contribution in [2.75, 3.05) is 6.61 Å². The minimum absolute atomic E-state index is 0.222. The third-order valence-corrected chi connectivity index (χ3v) is 7.47. The minimum Gasteiger partial charge on any atom is -0.459 e. The molecule has 1 aliphatic heterocycles. The SMILES string of the molecule is CCc1cn([C@@H]2O[C@H](COC(=O)c3ccccc3)C(OC(=O)c3ccccc3)C2OC(=O)c2ccccc2)c(=O)nc1-n1cncn1. The van der Waals surface area contributed by atoms with Crippen molar-refractivity contribution in [2.24, 2.45) is 0 Å². The predicted octanol–water partition coefficient (Wildman–Crippen LogP) is 3.59. The molecule has 3 heterocycles. The quantitative estimate of drug-likeness (QED) is 0.163. The van der Waals surface area contributed by atoms with Crippen molar-refractivity contribution in [3.8, 4) is 5.82 Å². The molecule has 47 heavy (non-hydrogen) atoms. The van der Waals surface area contributed by atoms with Crippen molar-refractivity contribution in [1.82, 2.24) is 24.3 Å². The second kappa shape index (κ2) is 14.0. The highest BCUT2D eigenvalue weighted by molar-refractivity contribution is 5.91. The molecule has 5 aromatic rings. The van der Waals surface area contributed by atoms with Gasteiger partial charge in [-0.05, 0) is 42.8 Å². The number of benzene rings is 3. The summed E-state index contributed by atoms with van der Waals surface area (Å²) < 4.78 is 26.3. The van der Waals surface area contributed by atoms with E-state index < -0.39 is 54.7 Å². The third kappa shape index (κ3) is 6.84. The van der Waals surface area contributed by atoms with Crippen LogP contribution in [0.5, 0.6) is 0 Å². The first-order valence-corrected chi connectivity index (χ1v) is 14.8. The number of carbonyl (C=O) groups excluding carboxylic acids is 3. The highest BCUT2D eigenvalue weighted by atomic mass is 16.7. The third-order valence-electron chi connectivity index (χ3n) is 7.47. The van der Waals surface area contributed by atoms with Gasteiger partial charge in [0.15, 0.2) is 24.3 Å². The summed E-state index contributed by atoms with van der Waals surface area (Å²) in [5, 5.41) is 4.09. The zero-order valence-corrected chi connectivity index (χ0v) is 25.1. The van der Waals surface area contributed by atoms with Crippen LogP contribution in [0.4, 0.5) is 0 Å². The number of nitrogens with zero attached hydrogens (tertiary/aromatic N) is 5. The number of hydrogen-bond acceptors (Lipinski definition) is 11. The van der Waals surface area contributed by atoms with Gasteiger partial charge in [-0.2, -0.15) is 10.1 Å². The number of aryl methyl sites for hydroxylation is 1. The molecule has 0 spiro atoms. The van der Waals surface area contributed by atoms with Gasteiger partial charge in [0.25, 0.3) is 0 Å². The molecule has 4 atom stereocenters. The normalized spacial score (nSPS) is 18.7. The summed E-state index contributed by atoms with van der Waals surface area (Å²) in [5.41, 5.74) is 0.591. The monoisotopic (exact) mass is 635 g/mol. The van der Waals surface area contributed by atoms with Crippen LogP contribution in [0.25, 0.3) is 5.82 Å². The van der Waals surface area contributed by atoms with Gasteiger partial charge in [0, 0.05) is 11.8 Å². The molecule has 2 unspecified atom stereocenters. The summed E-state index contributed by atoms with van der Waals surface area (Å²) in [7, 11) is 0. The van der Waals surface area contributed by atoms with E-state index in [0.29, 0.717) is 17.5 Å². The van der Waals surface area contributed by atoms with Gasteiger partial charge in [0.1, 0.15) is 25.4 Å². The van der Waals surface area contributed by atoms with Gasteiger partial charge in [-0.25, -0.2) is 28.8 Å². The van der Waals surface area contributed by atoms with E-state index in [2.05, 4.69) is 15.1 Å². The molecule has 238 valence electrons. The van der Waals surface area contributed by atoms with Crippen molar-refractivity contribution in [3.63, 3.8) is 0 Å². The molecule has 3 aromatic carbocycles. The minimum atomic E-state index is -1.36. The molecule has 0 amide bonds. The molecular weight excluding hydrogens is 606 g/mol. The number of hydrogen-bond donors (Lipinski definition) is 0. The van der Waals surface area contributed by atoms with E-state index in [1.54, 1.807) is 91.0 Å². The molecule has 2 aromatic heterocycles. The lowest BCUT2D eigenvalue weighted by molar-refractivity contribution is -0.0640. The highest BCUT2D eigenvalue weighted by Gasteiger charge is 2.52. The van der Waals surface area contributed by atoms with Crippen LogP contribution in [0.1, 0.15) is 49.8 Å². The van der Waals surface area contributed by atoms with Crippen molar-refractivity contribution in [3.05, 3.63) is 143 Å². The highest BCUT2D eigenvalue weighted by Crippen LogP contribution is 2.35. The Morgan fingerprint density at radius 3 is 1.87 bits per heavy atom. The van der Waals surface area contributed by atoms with E-state index in [4.69, 9.17) is 18.9 Å². The molecule has 0 N–H and O–H groups in total. The van der Waals surface area contributed by atoms with Gasteiger partial charge in [0.2, 0.25) is 0 Å². The summed E-state index contributed by atoms with van der Waals surface area (Å²) >= 11 is 0. The zero-order chi connectivity index (χ0) is 32.8. The number of rotatable bonds is 10. The van der Waals surface area contributed by atoms with E-state index in [1.165, 1.54) is 28.1 Å². The van der Waals surface area contributed by atoms with E-state index in [1.807, 2.05) is 6.92 Å². The van der Waals surface area contributed by atoms with Crippen LogP contribution in [0.3, 0.4) is 0 Å². The smallest absolute Gasteiger partial charge is 0.351 e. The molecule has 13 nitrogen and oxygen atoms in total. The predicted molar refractivity (Wildman–Crippen MR) is 165 cm³/mol. The molecule has 0 saturated carbocycles. The molecule has 1 saturated heterocycles. The van der Waals surface area contributed by atoms with E-state index in [9.17, 15) is 19.2 Å². The Kier molecular flexibility index (Phi) is 9.25. The van der Waals surface area contributed by atoms with Gasteiger partial charge in [0.05, 0.1) is 16.7 Å². The molecule has 1 aliphatic rings. The van der Waals surface area contributed by atoms with E-state index in [-0.39, 0.29) is 16.9 Å². The Labute approximate surface area is 268 Å². The molecule has 0 bridgehead atoms. The van der Waals surface area contributed by atoms with Crippen LogP contribution in [0.15, 0.2) is 115 Å². The molecule has 13 heteroatoms. The number of ether oxygens (including phenoxy) is 4. The Bertz CT molecular complexity index is 1900. The van der Waals surface area contributed by atoms with Crippen LogP contribution in [-0.4, -0.2) is 67.1 Å². The standard InChI is InChI=1S/C34H29N5O8/c1-2-22-18-38(34(43)37-29(22)39-21-35-20-36-39)30-28(47-33(42)25-16-10-5-11-17-25)27(46-32(41)24-14-8-4-9-15-24)26(45-30)19-44-31(40)23-12-6-3-7-13-23/h3-18,20-21,26-28,30H,2,19H2,1H3/t26-,27?,28?,30-/m1/s1. The van der Waals surface area contributed by atoms with Crippen molar-refractivity contribution < 1.29 is 33.3 Å². The van der Waals surface area contributed by atoms with Gasteiger partial charge in [-0.3, -0.25) is 4.57 Å². The molecule has 0 aliphatic carbocycles. The fourth-order valence-electron chi connectivity index (χ4n) is 5.13. The molecular formula is C34H29N5O8. The maximum Gasteiger partial charge on any atom is 0.351 e. The lowest BCUT2D eigenvalue weighted by Crippen LogP contribution is -2.42. The molecule has 1 fully saturated rings. The maximum absolute atomic E-state index is 13.6. The topological polar surface area (TPSA) is 154 Å². The Hall–Kier alpha value is -5.95. The van der Waals surface area contributed by atoms with E-state index in [0.717, 1.165) is 0 Å². The Morgan fingerprint density at radius 2 is 1.34 bits per heavy atom. The fourth-order valence-corrected chi connectivity index (χ4v) is 5.13. The number of aromatic nitrogens is 5. The van der Waals surface area contributed by atoms with Crippen molar-refractivity contribution in [1.29, 1.82) is 0 Å². The summed E-state index contributed by atoms with van der Waals surface area (Å²) in [4.78, 5) is 61.4. The average Bonchev–Trinajstić information content (AvgIpc) is 3.77. The van der Waals surface area contributed by atoms with E-state index >= 15 is 0 Å². The number of carbonyl (C=O) groups is 3. The summed E-state index contributed by atoms with van der Waals surface area (Å²) in [6, 6.07) is 24.7. The van der Waals surface area contributed by atoms with Gasteiger partial charge < -0.3 is 18.9 Å². The zero-order valence-electron chi connectivity index (χ0n) is 25.1. The molecule has 0 radical (unpaired) electrons. The first-order chi connectivity index (χ1) is 22.9. The second-order valence-electron chi connectivity index (χ2n) is 10.5. The largest absolute Gasteiger partial charge is 0.459 e. The van der Waals surface area contributed by atoms with Crippen LogP contribution in [0.2, 0.25) is 0 Å². The number of esters is 3. The summed E-state index contributed by atoms with van der Waals surface area (Å²) in [6.45, 7) is 1.47. The van der Waals surface area contributed by atoms with Crippen molar-refractivity contribution >= 4 is 17.9 Å². The fraction of sp³-hybridized carbons (Fsp3) is 0.206. The lowest BCUT2D eigenvalue weighted by Gasteiger charge is -2.25. The van der Waals surface area contributed by atoms with Crippen LogP contribution in [-0.2, 0) is 25.4 Å². The Balaban J connectivity index is 1.39. The Morgan fingerprint density at radius 1 is 0.787 bits per heavy atom. The van der Waals surface area contributed by atoms with Crippen molar-refractivity contribution in [2.45, 2.75) is 37.9 Å². The van der Waals surface area contributed by atoms with Gasteiger partial charge in [-0.1, -0.05) is 61.5 Å². The van der Waals surface area contributed by atoms with Crippen LogP contribution in [0, 0.1) is 0 Å². The molecule has 6 rings (SSSR count). The lowest BCUT2D eigenvalue weighted by atomic mass is 10.1. The van der Waals surface area contributed by atoms with Crippen LogP contribution < -0.4 is 5.69 Å². The average molecular weight is 636 g/mol. The second-order valence-corrected chi connectivity index (χ2v) is 10.5. The van der Waals surface area contributed by atoms with Gasteiger partial charge in [-0.15, -0.1) is 0 Å².